The van der Waals surface area contributed by atoms with Crippen molar-refractivity contribution in [3.8, 4) is 5.75 Å². The first-order valence-corrected chi connectivity index (χ1v) is 5.01. The van der Waals surface area contributed by atoms with Crippen molar-refractivity contribution in [3.05, 3.63) is 40.9 Å². The standard InChI is InChI=1S/C12H9ClO3/c1-16-10-5-3-7-2-4-8(13)6-9(7)11(10)12(14)15/h2-6H,1H3,(H,14,15). The normalized spacial score (nSPS) is 10.4. The number of hydrogen-bond donors (Lipinski definition) is 1. The molecule has 0 atom stereocenters. The van der Waals surface area contributed by atoms with Crippen LogP contribution in [0.5, 0.6) is 5.75 Å². The number of methoxy groups -OCH3 is 1. The Hall–Kier alpha value is -1.74. The van der Waals surface area contributed by atoms with Gasteiger partial charge in [-0.15, -0.1) is 0 Å². The smallest absolute Gasteiger partial charge is 0.340 e. The molecule has 0 heterocycles. The average Bonchev–Trinajstić information content (AvgIpc) is 2.26. The molecule has 0 saturated heterocycles. The van der Waals surface area contributed by atoms with Gasteiger partial charge in [-0.3, -0.25) is 0 Å². The number of hydrogen-bond acceptors (Lipinski definition) is 2. The van der Waals surface area contributed by atoms with Gasteiger partial charge in [-0.05, 0) is 23.6 Å². The van der Waals surface area contributed by atoms with Crippen LogP contribution in [0.2, 0.25) is 5.02 Å². The molecule has 0 spiro atoms. The molecule has 0 aromatic heterocycles. The van der Waals surface area contributed by atoms with E-state index in [-0.39, 0.29) is 5.56 Å². The van der Waals surface area contributed by atoms with Crippen LogP contribution in [0.15, 0.2) is 30.3 Å². The van der Waals surface area contributed by atoms with E-state index in [1.165, 1.54) is 7.11 Å². The van der Waals surface area contributed by atoms with Crippen LogP contribution < -0.4 is 4.74 Å². The summed E-state index contributed by atoms with van der Waals surface area (Å²) in [6.07, 6.45) is 0. The lowest BCUT2D eigenvalue weighted by molar-refractivity contribution is 0.0695. The van der Waals surface area contributed by atoms with E-state index in [9.17, 15) is 4.79 Å². The maximum Gasteiger partial charge on any atom is 0.340 e. The Morgan fingerprint density at radius 2 is 2.00 bits per heavy atom. The zero-order valence-electron chi connectivity index (χ0n) is 8.53. The molecule has 2 rings (SSSR count). The molecule has 0 amide bonds. The third-order valence-electron chi connectivity index (χ3n) is 2.38. The number of benzene rings is 2. The van der Waals surface area contributed by atoms with Crippen LogP contribution in [0.25, 0.3) is 10.8 Å². The first-order chi connectivity index (χ1) is 7.63. The summed E-state index contributed by atoms with van der Waals surface area (Å²) in [5.41, 5.74) is 0.141. The second-order valence-electron chi connectivity index (χ2n) is 3.31. The Labute approximate surface area is 97.2 Å². The Morgan fingerprint density at radius 3 is 2.62 bits per heavy atom. The summed E-state index contributed by atoms with van der Waals surface area (Å²) in [6.45, 7) is 0. The summed E-state index contributed by atoms with van der Waals surface area (Å²) in [4.78, 5) is 11.2. The fourth-order valence-corrected chi connectivity index (χ4v) is 1.83. The van der Waals surface area contributed by atoms with Gasteiger partial charge in [0, 0.05) is 10.4 Å². The summed E-state index contributed by atoms with van der Waals surface area (Å²) in [5.74, 6) is -0.688. The van der Waals surface area contributed by atoms with Crippen molar-refractivity contribution in [2.45, 2.75) is 0 Å². The minimum absolute atomic E-state index is 0.141. The highest BCUT2D eigenvalue weighted by Crippen LogP contribution is 2.29. The molecule has 4 heteroatoms. The van der Waals surface area contributed by atoms with Gasteiger partial charge in [-0.2, -0.15) is 0 Å². The fourth-order valence-electron chi connectivity index (χ4n) is 1.66. The van der Waals surface area contributed by atoms with Crippen molar-refractivity contribution >= 4 is 28.3 Å². The van der Waals surface area contributed by atoms with Crippen molar-refractivity contribution < 1.29 is 14.6 Å². The Kier molecular flexibility index (Phi) is 2.71. The summed E-state index contributed by atoms with van der Waals surface area (Å²) in [6, 6.07) is 8.57. The van der Waals surface area contributed by atoms with E-state index < -0.39 is 5.97 Å². The lowest BCUT2D eigenvalue weighted by Crippen LogP contribution is -2.01. The van der Waals surface area contributed by atoms with E-state index in [0.29, 0.717) is 16.2 Å². The summed E-state index contributed by atoms with van der Waals surface area (Å²) in [5, 5.41) is 11.1. The SMILES string of the molecule is COc1ccc2ccc(Cl)cc2c1C(=O)O. The van der Waals surface area contributed by atoms with E-state index in [1.54, 1.807) is 30.3 Å². The van der Waals surface area contributed by atoms with Crippen molar-refractivity contribution in [3.63, 3.8) is 0 Å². The molecular weight excluding hydrogens is 228 g/mol. The van der Waals surface area contributed by atoms with Crippen molar-refractivity contribution in [1.29, 1.82) is 0 Å². The number of carboxylic acid groups (broad SMARTS) is 1. The third kappa shape index (κ3) is 1.70. The van der Waals surface area contributed by atoms with Gasteiger partial charge in [0.2, 0.25) is 0 Å². The Bertz CT molecular complexity index is 563. The summed E-state index contributed by atoms with van der Waals surface area (Å²) in [7, 11) is 1.44. The summed E-state index contributed by atoms with van der Waals surface area (Å²) >= 11 is 5.86. The highest BCUT2D eigenvalue weighted by molar-refractivity contribution is 6.31. The lowest BCUT2D eigenvalue weighted by atomic mass is 10.0. The van der Waals surface area contributed by atoms with Crippen molar-refractivity contribution in [2.24, 2.45) is 0 Å². The monoisotopic (exact) mass is 236 g/mol. The van der Waals surface area contributed by atoms with Gasteiger partial charge in [0.15, 0.2) is 0 Å². The van der Waals surface area contributed by atoms with Gasteiger partial charge in [-0.1, -0.05) is 23.7 Å². The number of carboxylic acids is 1. The quantitative estimate of drug-likeness (QED) is 0.871. The van der Waals surface area contributed by atoms with E-state index in [4.69, 9.17) is 21.4 Å². The molecule has 3 nitrogen and oxygen atoms in total. The fraction of sp³-hybridized carbons (Fsp3) is 0.0833. The van der Waals surface area contributed by atoms with Crippen LogP contribution in [-0.2, 0) is 0 Å². The molecule has 2 aromatic carbocycles. The molecule has 0 saturated carbocycles. The minimum Gasteiger partial charge on any atom is -0.496 e. The molecule has 0 aliphatic rings. The number of carbonyl (C=O) groups is 1. The van der Waals surface area contributed by atoms with E-state index in [2.05, 4.69) is 0 Å². The molecule has 82 valence electrons. The minimum atomic E-state index is -1.02. The number of halogens is 1. The topological polar surface area (TPSA) is 46.5 Å². The lowest BCUT2D eigenvalue weighted by Gasteiger charge is -2.08. The third-order valence-corrected chi connectivity index (χ3v) is 2.61. The Balaban J connectivity index is 2.87. The van der Waals surface area contributed by atoms with Crippen molar-refractivity contribution in [2.75, 3.05) is 7.11 Å². The molecule has 0 aliphatic carbocycles. The molecule has 2 aromatic rings. The maximum absolute atomic E-state index is 11.2. The second kappa shape index (κ2) is 4.02. The van der Waals surface area contributed by atoms with E-state index in [1.807, 2.05) is 0 Å². The predicted octanol–water partition coefficient (Wildman–Crippen LogP) is 3.20. The number of aromatic carboxylic acids is 1. The van der Waals surface area contributed by atoms with Gasteiger partial charge in [0.25, 0.3) is 0 Å². The molecule has 0 aliphatic heterocycles. The van der Waals surface area contributed by atoms with Gasteiger partial charge >= 0.3 is 5.97 Å². The molecule has 16 heavy (non-hydrogen) atoms. The molecule has 0 fully saturated rings. The Morgan fingerprint density at radius 1 is 1.31 bits per heavy atom. The van der Waals surface area contributed by atoms with Gasteiger partial charge in [-0.25, -0.2) is 4.79 Å². The molecule has 0 radical (unpaired) electrons. The van der Waals surface area contributed by atoms with Crippen LogP contribution >= 0.6 is 11.6 Å². The van der Waals surface area contributed by atoms with Crippen molar-refractivity contribution in [1.82, 2.24) is 0 Å². The zero-order valence-corrected chi connectivity index (χ0v) is 9.28. The predicted molar refractivity (Wildman–Crippen MR) is 62.5 cm³/mol. The first-order valence-electron chi connectivity index (χ1n) is 4.63. The van der Waals surface area contributed by atoms with Crippen LogP contribution in [0.3, 0.4) is 0 Å². The molecule has 0 unspecified atom stereocenters. The second-order valence-corrected chi connectivity index (χ2v) is 3.75. The van der Waals surface area contributed by atoms with E-state index >= 15 is 0 Å². The van der Waals surface area contributed by atoms with Gasteiger partial charge < -0.3 is 9.84 Å². The molecular formula is C12H9ClO3. The highest BCUT2D eigenvalue weighted by Gasteiger charge is 2.15. The molecule has 0 bridgehead atoms. The maximum atomic E-state index is 11.2. The average molecular weight is 237 g/mol. The van der Waals surface area contributed by atoms with Gasteiger partial charge in [0.05, 0.1) is 7.11 Å². The van der Waals surface area contributed by atoms with E-state index in [0.717, 1.165) is 5.39 Å². The zero-order chi connectivity index (χ0) is 11.7. The largest absolute Gasteiger partial charge is 0.496 e. The van der Waals surface area contributed by atoms with Gasteiger partial charge in [0.1, 0.15) is 11.3 Å². The first kappa shape index (κ1) is 10.8. The van der Waals surface area contributed by atoms with Crippen LogP contribution in [-0.4, -0.2) is 18.2 Å². The number of rotatable bonds is 2. The number of fused-ring (bicyclic) bond motifs is 1. The van der Waals surface area contributed by atoms with Crippen LogP contribution in [0.1, 0.15) is 10.4 Å². The summed E-state index contributed by atoms with van der Waals surface area (Å²) < 4.78 is 5.03. The van der Waals surface area contributed by atoms with Crippen LogP contribution in [0, 0.1) is 0 Å². The number of ether oxygens (including phenoxy) is 1. The highest BCUT2D eigenvalue weighted by atomic mass is 35.5. The molecule has 1 N–H and O–H groups in total. The van der Waals surface area contributed by atoms with Crippen LogP contribution in [0.4, 0.5) is 0 Å².